The Morgan fingerprint density at radius 1 is 1.67 bits per heavy atom. The average molecular weight is 175 g/mol. The van der Waals surface area contributed by atoms with Crippen LogP contribution in [-0.2, 0) is 9.53 Å². The molecule has 0 heterocycles. The summed E-state index contributed by atoms with van der Waals surface area (Å²) in [7, 11) is 1.18. The normalized spacial score (nSPS) is 13.3. The SMILES string of the molecule is COC(=O)N[C@@H](C=O)C(C)(C)O. The zero-order valence-electron chi connectivity index (χ0n) is 7.33. The van der Waals surface area contributed by atoms with E-state index in [1.54, 1.807) is 0 Å². The fourth-order valence-electron chi connectivity index (χ4n) is 0.563. The highest BCUT2D eigenvalue weighted by Gasteiger charge is 2.27. The second-order valence-electron chi connectivity index (χ2n) is 2.90. The Labute approximate surface area is 70.7 Å². The zero-order chi connectivity index (χ0) is 9.78. The number of aliphatic hydroxyl groups is 1. The summed E-state index contributed by atoms with van der Waals surface area (Å²) >= 11 is 0. The van der Waals surface area contributed by atoms with E-state index in [9.17, 15) is 14.7 Å². The van der Waals surface area contributed by atoms with Crippen molar-refractivity contribution in [3.05, 3.63) is 0 Å². The molecule has 2 N–H and O–H groups in total. The summed E-state index contributed by atoms with van der Waals surface area (Å²) in [5.41, 5.74) is -1.28. The molecule has 70 valence electrons. The number of hydrogen-bond donors (Lipinski definition) is 2. The third-order valence-corrected chi connectivity index (χ3v) is 1.36. The highest BCUT2D eigenvalue weighted by molar-refractivity contribution is 5.73. The molecule has 0 unspecified atom stereocenters. The van der Waals surface area contributed by atoms with Gasteiger partial charge in [-0.1, -0.05) is 0 Å². The highest BCUT2D eigenvalue weighted by Crippen LogP contribution is 2.05. The van der Waals surface area contributed by atoms with Gasteiger partial charge in [0, 0.05) is 0 Å². The first kappa shape index (κ1) is 10.9. The van der Waals surface area contributed by atoms with E-state index in [-0.39, 0.29) is 0 Å². The van der Waals surface area contributed by atoms with Gasteiger partial charge in [0.15, 0.2) is 0 Å². The minimum atomic E-state index is -1.28. The summed E-state index contributed by atoms with van der Waals surface area (Å²) in [5.74, 6) is 0. The predicted molar refractivity (Wildman–Crippen MR) is 41.7 cm³/mol. The lowest BCUT2D eigenvalue weighted by Crippen LogP contribution is -2.50. The van der Waals surface area contributed by atoms with Crippen LogP contribution in [0.15, 0.2) is 0 Å². The number of methoxy groups -OCH3 is 1. The van der Waals surface area contributed by atoms with E-state index in [1.165, 1.54) is 21.0 Å². The molecule has 1 atom stereocenters. The van der Waals surface area contributed by atoms with Crippen molar-refractivity contribution in [3.8, 4) is 0 Å². The number of alkyl carbamates (subject to hydrolysis) is 1. The van der Waals surface area contributed by atoms with Crippen LogP contribution in [0.5, 0.6) is 0 Å². The Morgan fingerprint density at radius 2 is 2.17 bits per heavy atom. The van der Waals surface area contributed by atoms with E-state index < -0.39 is 17.7 Å². The third kappa shape index (κ3) is 3.34. The number of ether oxygens (including phenoxy) is 1. The molecular formula is C7H13NO4. The molecule has 0 saturated heterocycles. The van der Waals surface area contributed by atoms with Crippen molar-refractivity contribution in [2.45, 2.75) is 25.5 Å². The van der Waals surface area contributed by atoms with Crippen LogP contribution in [0.3, 0.4) is 0 Å². The lowest BCUT2D eigenvalue weighted by Gasteiger charge is -2.24. The summed E-state index contributed by atoms with van der Waals surface area (Å²) in [6.07, 6.45) is -0.286. The van der Waals surface area contributed by atoms with E-state index in [1.807, 2.05) is 0 Å². The average Bonchev–Trinajstić information content (AvgIpc) is 1.97. The second kappa shape index (κ2) is 4.06. The summed E-state index contributed by atoms with van der Waals surface area (Å²) < 4.78 is 4.26. The van der Waals surface area contributed by atoms with Gasteiger partial charge >= 0.3 is 6.09 Å². The van der Waals surface area contributed by atoms with Crippen LogP contribution in [0.25, 0.3) is 0 Å². The summed E-state index contributed by atoms with van der Waals surface area (Å²) in [4.78, 5) is 21.0. The molecule has 0 aliphatic carbocycles. The molecule has 0 aliphatic heterocycles. The Balaban J connectivity index is 4.19. The van der Waals surface area contributed by atoms with Gasteiger partial charge in [-0.2, -0.15) is 0 Å². The maximum Gasteiger partial charge on any atom is 0.407 e. The Hall–Kier alpha value is -1.10. The van der Waals surface area contributed by atoms with Gasteiger partial charge in [-0.25, -0.2) is 4.79 Å². The van der Waals surface area contributed by atoms with Gasteiger partial charge in [0.25, 0.3) is 0 Å². The number of carbonyl (C=O) groups is 2. The fraction of sp³-hybridized carbons (Fsp3) is 0.714. The maximum absolute atomic E-state index is 10.6. The highest BCUT2D eigenvalue weighted by atomic mass is 16.5. The fourth-order valence-corrected chi connectivity index (χ4v) is 0.563. The van der Waals surface area contributed by atoms with Crippen LogP contribution >= 0.6 is 0 Å². The first-order valence-electron chi connectivity index (χ1n) is 3.44. The Bertz CT molecular complexity index is 173. The van der Waals surface area contributed by atoms with Gasteiger partial charge in [-0.15, -0.1) is 0 Å². The number of aldehydes is 1. The van der Waals surface area contributed by atoms with E-state index in [2.05, 4.69) is 10.1 Å². The molecule has 0 aromatic carbocycles. The van der Waals surface area contributed by atoms with E-state index >= 15 is 0 Å². The molecule has 5 nitrogen and oxygen atoms in total. The van der Waals surface area contributed by atoms with Crippen LogP contribution in [0.4, 0.5) is 4.79 Å². The third-order valence-electron chi connectivity index (χ3n) is 1.36. The monoisotopic (exact) mass is 175 g/mol. The van der Waals surface area contributed by atoms with Crippen molar-refractivity contribution < 1.29 is 19.4 Å². The number of nitrogens with one attached hydrogen (secondary N) is 1. The van der Waals surface area contributed by atoms with Crippen LogP contribution in [0, 0.1) is 0 Å². The molecule has 0 saturated carbocycles. The van der Waals surface area contributed by atoms with E-state index in [0.717, 1.165) is 0 Å². The van der Waals surface area contributed by atoms with Crippen LogP contribution < -0.4 is 5.32 Å². The first-order valence-corrected chi connectivity index (χ1v) is 3.44. The van der Waals surface area contributed by atoms with Crippen molar-refractivity contribution in [2.75, 3.05) is 7.11 Å². The van der Waals surface area contributed by atoms with Gasteiger partial charge < -0.3 is 20.0 Å². The van der Waals surface area contributed by atoms with Gasteiger partial charge in [-0.3, -0.25) is 0 Å². The molecule has 0 rings (SSSR count). The van der Waals surface area contributed by atoms with Crippen LogP contribution in [-0.4, -0.2) is 36.2 Å². The van der Waals surface area contributed by atoms with E-state index in [0.29, 0.717) is 6.29 Å². The lowest BCUT2D eigenvalue weighted by atomic mass is 10.0. The number of hydrogen-bond acceptors (Lipinski definition) is 4. The quantitative estimate of drug-likeness (QED) is 0.576. The summed E-state index contributed by atoms with van der Waals surface area (Å²) in [6, 6.07) is -0.954. The van der Waals surface area contributed by atoms with Gasteiger partial charge in [0.05, 0.1) is 12.7 Å². The van der Waals surface area contributed by atoms with Crippen molar-refractivity contribution in [2.24, 2.45) is 0 Å². The zero-order valence-corrected chi connectivity index (χ0v) is 7.33. The van der Waals surface area contributed by atoms with Crippen molar-refractivity contribution in [1.29, 1.82) is 0 Å². The molecule has 0 radical (unpaired) electrons. The molecule has 0 fully saturated rings. The summed E-state index contributed by atoms with van der Waals surface area (Å²) in [5, 5.41) is 11.5. The molecule has 1 amide bonds. The Morgan fingerprint density at radius 3 is 2.42 bits per heavy atom. The second-order valence-corrected chi connectivity index (χ2v) is 2.90. The van der Waals surface area contributed by atoms with Crippen LogP contribution in [0.1, 0.15) is 13.8 Å². The van der Waals surface area contributed by atoms with Gasteiger partial charge in [-0.05, 0) is 13.8 Å². The maximum atomic E-state index is 10.6. The largest absolute Gasteiger partial charge is 0.453 e. The van der Waals surface area contributed by atoms with Crippen molar-refractivity contribution >= 4 is 12.4 Å². The Kier molecular flexibility index (Phi) is 3.69. The molecule has 5 heteroatoms. The molecule has 12 heavy (non-hydrogen) atoms. The predicted octanol–water partition coefficient (Wildman–Crippen LogP) is -0.319. The molecular weight excluding hydrogens is 162 g/mol. The van der Waals surface area contributed by atoms with Gasteiger partial charge in [0.1, 0.15) is 12.3 Å². The first-order chi connectivity index (χ1) is 5.41. The minimum absolute atomic E-state index is 0.455. The minimum Gasteiger partial charge on any atom is -0.453 e. The van der Waals surface area contributed by atoms with Crippen LogP contribution in [0.2, 0.25) is 0 Å². The smallest absolute Gasteiger partial charge is 0.407 e. The van der Waals surface area contributed by atoms with E-state index in [4.69, 9.17) is 0 Å². The molecule has 0 aromatic heterocycles. The molecule has 0 bridgehead atoms. The molecule has 0 aliphatic rings. The molecule has 0 aromatic rings. The molecule has 0 spiro atoms. The van der Waals surface area contributed by atoms with Crippen molar-refractivity contribution in [3.63, 3.8) is 0 Å². The van der Waals surface area contributed by atoms with Gasteiger partial charge in [0.2, 0.25) is 0 Å². The number of carbonyl (C=O) groups excluding carboxylic acids is 2. The topological polar surface area (TPSA) is 75.6 Å². The standard InChI is InChI=1S/C7H13NO4/c1-7(2,11)5(4-9)8-6(10)12-3/h4-5,11H,1-3H3,(H,8,10)/t5-/m0/s1. The lowest BCUT2D eigenvalue weighted by molar-refractivity contribution is -0.114. The van der Waals surface area contributed by atoms with Crippen molar-refractivity contribution in [1.82, 2.24) is 5.32 Å². The number of amides is 1. The summed E-state index contributed by atoms with van der Waals surface area (Å²) in [6.45, 7) is 2.84. The number of rotatable bonds is 3.